The molecule has 4 heterocycles. The number of aromatic nitrogens is 4. The summed E-state index contributed by atoms with van der Waals surface area (Å²) in [5.41, 5.74) is 2.68. The lowest BCUT2D eigenvalue weighted by molar-refractivity contribution is -0.121. The van der Waals surface area contributed by atoms with Crippen molar-refractivity contribution in [3.05, 3.63) is 64.7 Å². The molecule has 0 aliphatic carbocycles. The number of carbonyl (C=O) groups is 1. The molecule has 4 rings (SSSR count). The van der Waals surface area contributed by atoms with Crippen molar-refractivity contribution in [2.24, 2.45) is 0 Å². The van der Waals surface area contributed by atoms with Crippen molar-refractivity contribution < 1.29 is 9.21 Å². The number of pyridine rings is 1. The molecule has 0 unspecified atom stereocenters. The van der Waals surface area contributed by atoms with Crippen molar-refractivity contribution in [3.63, 3.8) is 0 Å². The summed E-state index contributed by atoms with van der Waals surface area (Å²) in [7, 11) is 0. The Labute approximate surface area is 160 Å². The predicted octanol–water partition coefficient (Wildman–Crippen LogP) is 2.30. The largest absolute Gasteiger partial charge is 0.463 e. The second-order valence-corrected chi connectivity index (χ2v) is 6.53. The third-order valence-electron chi connectivity index (χ3n) is 4.65. The van der Waals surface area contributed by atoms with Crippen LogP contribution in [0.15, 0.2) is 52.0 Å². The Balaban J connectivity index is 1.44. The smallest absolute Gasteiger partial charge is 0.291 e. The van der Waals surface area contributed by atoms with Crippen LogP contribution in [-0.4, -0.2) is 25.1 Å². The van der Waals surface area contributed by atoms with Gasteiger partial charge in [0.1, 0.15) is 11.3 Å². The minimum Gasteiger partial charge on any atom is -0.463 e. The van der Waals surface area contributed by atoms with E-state index in [0.717, 1.165) is 17.0 Å². The topological polar surface area (TPSA) is 94.4 Å². The number of carbonyl (C=O) groups excluding carboxylic acids is 1. The molecule has 0 bridgehead atoms. The van der Waals surface area contributed by atoms with Crippen LogP contribution in [-0.2, 0) is 24.3 Å². The van der Waals surface area contributed by atoms with Crippen LogP contribution in [0.5, 0.6) is 0 Å². The van der Waals surface area contributed by atoms with Crippen LogP contribution in [0, 0.1) is 0 Å². The van der Waals surface area contributed by atoms with Crippen molar-refractivity contribution in [2.45, 2.75) is 39.3 Å². The zero-order valence-electron chi connectivity index (χ0n) is 15.6. The fraction of sp³-hybridized carbons (Fsp3) is 0.300. The molecule has 144 valence electrons. The quantitative estimate of drug-likeness (QED) is 0.532. The van der Waals surface area contributed by atoms with Crippen molar-refractivity contribution in [1.82, 2.24) is 24.5 Å². The van der Waals surface area contributed by atoms with Crippen molar-refractivity contribution in [2.75, 3.05) is 0 Å². The van der Waals surface area contributed by atoms with Crippen LogP contribution in [0.3, 0.4) is 0 Å². The van der Waals surface area contributed by atoms with Gasteiger partial charge in [0.05, 0.1) is 24.0 Å². The molecule has 0 saturated carbocycles. The van der Waals surface area contributed by atoms with E-state index in [9.17, 15) is 9.59 Å². The first kappa shape index (κ1) is 18.0. The van der Waals surface area contributed by atoms with E-state index in [1.54, 1.807) is 18.5 Å². The molecule has 4 aromatic heterocycles. The lowest BCUT2D eigenvalue weighted by atomic mass is 10.3. The summed E-state index contributed by atoms with van der Waals surface area (Å²) in [6, 6.07) is 9.15. The van der Waals surface area contributed by atoms with Gasteiger partial charge in [0.15, 0.2) is 5.58 Å². The molecule has 1 amide bonds. The second kappa shape index (κ2) is 7.67. The standard InChI is InChI=1S/C20H21N5O3/c1-2-18-23-24(20(27)16-12-17-15(25(16)18)8-11-28-17)10-5-7-19(26)22-13-14-6-3-4-9-21-14/h3-4,6,8-9,11-12H,2,5,7,10,13H2,1H3,(H,22,26). The van der Waals surface area contributed by atoms with Crippen LogP contribution in [0.1, 0.15) is 31.3 Å². The fourth-order valence-electron chi connectivity index (χ4n) is 3.27. The maximum Gasteiger partial charge on any atom is 0.291 e. The third-order valence-corrected chi connectivity index (χ3v) is 4.65. The van der Waals surface area contributed by atoms with Gasteiger partial charge in [0.2, 0.25) is 5.91 Å². The van der Waals surface area contributed by atoms with E-state index >= 15 is 0 Å². The first-order valence-electron chi connectivity index (χ1n) is 9.32. The van der Waals surface area contributed by atoms with Gasteiger partial charge in [-0.25, -0.2) is 4.68 Å². The molecule has 4 aromatic rings. The number of amides is 1. The molecule has 8 heteroatoms. The molecule has 8 nitrogen and oxygen atoms in total. The third kappa shape index (κ3) is 3.40. The van der Waals surface area contributed by atoms with Gasteiger partial charge in [-0.05, 0) is 18.6 Å². The number of rotatable bonds is 7. The van der Waals surface area contributed by atoms with E-state index in [1.807, 2.05) is 35.6 Å². The van der Waals surface area contributed by atoms with Gasteiger partial charge in [-0.2, -0.15) is 5.10 Å². The fourth-order valence-corrected chi connectivity index (χ4v) is 3.27. The number of hydrogen-bond donors (Lipinski definition) is 1. The zero-order valence-corrected chi connectivity index (χ0v) is 15.6. The lowest BCUT2D eigenvalue weighted by Crippen LogP contribution is -2.28. The molecule has 0 aliphatic heterocycles. The molecule has 0 saturated heterocycles. The predicted molar refractivity (Wildman–Crippen MR) is 104 cm³/mol. The van der Waals surface area contributed by atoms with E-state index < -0.39 is 0 Å². The van der Waals surface area contributed by atoms with Crippen LogP contribution in [0.25, 0.3) is 16.6 Å². The van der Waals surface area contributed by atoms with E-state index in [-0.39, 0.29) is 11.5 Å². The van der Waals surface area contributed by atoms with E-state index in [1.165, 1.54) is 4.68 Å². The van der Waals surface area contributed by atoms with E-state index in [4.69, 9.17) is 4.42 Å². The molecule has 0 aromatic carbocycles. The van der Waals surface area contributed by atoms with E-state index in [2.05, 4.69) is 15.4 Å². The van der Waals surface area contributed by atoms with Gasteiger partial charge in [-0.1, -0.05) is 13.0 Å². The number of hydrogen-bond acceptors (Lipinski definition) is 5. The van der Waals surface area contributed by atoms with Crippen LogP contribution in [0.2, 0.25) is 0 Å². The summed E-state index contributed by atoms with van der Waals surface area (Å²) in [6.07, 6.45) is 4.81. The molecule has 0 spiro atoms. The number of nitrogens with one attached hydrogen (secondary N) is 1. The molecular formula is C20H21N5O3. The zero-order chi connectivity index (χ0) is 19.5. The average molecular weight is 379 g/mol. The van der Waals surface area contributed by atoms with Gasteiger partial charge >= 0.3 is 0 Å². The Morgan fingerprint density at radius 3 is 2.93 bits per heavy atom. The molecule has 0 radical (unpaired) electrons. The Morgan fingerprint density at radius 1 is 1.25 bits per heavy atom. The Kier molecular flexibility index (Phi) is 4.92. The highest BCUT2D eigenvalue weighted by Gasteiger charge is 2.15. The average Bonchev–Trinajstić information content (AvgIpc) is 3.31. The van der Waals surface area contributed by atoms with Crippen molar-refractivity contribution >= 4 is 22.5 Å². The number of furan rings is 1. The molecule has 0 atom stereocenters. The molecule has 1 N–H and O–H groups in total. The Hall–Kier alpha value is -3.42. The summed E-state index contributed by atoms with van der Waals surface area (Å²) in [6.45, 7) is 2.77. The summed E-state index contributed by atoms with van der Waals surface area (Å²) in [5.74, 6) is 0.710. The Morgan fingerprint density at radius 2 is 2.14 bits per heavy atom. The number of fused-ring (bicyclic) bond motifs is 3. The minimum absolute atomic E-state index is 0.0734. The summed E-state index contributed by atoms with van der Waals surface area (Å²) in [4.78, 5) is 29.0. The van der Waals surface area contributed by atoms with Crippen LogP contribution < -0.4 is 10.9 Å². The first-order valence-corrected chi connectivity index (χ1v) is 9.32. The normalized spacial score (nSPS) is 11.3. The summed E-state index contributed by atoms with van der Waals surface area (Å²) < 4.78 is 8.71. The Bertz CT molecular complexity index is 1170. The van der Waals surface area contributed by atoms with Gasteiger partial charge < -0.3 is 9.73 Å². The van der Waals surface area contributed by atoms with E-state index in [0.29, 0.717) is 43.5 Å². The van der Waals surface area contributed by atoms with Crippen LogP contribution in [0.4, 0.5) is 0 Å². The monoisotopic (exact) mass is 379 g/mol. The summed E-state index contributed by atoms with van der Waals surface area (Å²) >= 11 is 0. The number of nitrogens with zero attached hydrogens (tertiary/aromatic N) is 4. The second-order valence-electron chi connectivity index (χ2n) is 6.53. The SMILES string of the molecule is CCc1nn(CCCC(=O)NCc2ccccn2)c(=O)c2cc3occc3n12. The minimum atomic E-state index is -0.183. The van der Waals surface area contributed by atoms with Gasteiger partial charge in [0, 0.05) is 37.7 Å². The highest BCUT2D eigenvalue weighted by Crippen LogP contribution is 2.20. The molecular weight excluding hydrogens is 358 g/mol. The number of aryl methyl sites for hydroxylation is 2. The highest BCUT2D eigenvalue weighted by molar-refractivity contribution is 5.82. The first-order chi connectivity index (χ1) is 13.7. The van der Waals surface area contributed by atoms with Crippen molar-refractivity contribution in [1.29, 1.82) is 0 Å². The maximum atomic E-state index is 12.8. The molecule has 0 aliphatic rings. The highest BCUT2D eigenvalue weighted by atomic mass is 16.3. The molecule has 0 fully saturated rings. The van der Waals surface area contributed by atoms with Gasteiger partial charge in [-0.3, -0.25) is 19.0 Å². The summed E-state index contributed by atoms with van der Waals surface area (Å²) in [5, 5.41) is 7.34. The lowest BCUT2D eigenvalue weighted by Gasteiger charge is -2.10. The van der Waals surface area contributed by atoms with Gasteiger partial charge in [-0.15, -0.1) is 0 Å². The molecule has 28 heavy (non-hydrogen) atoms. The van der Waals surface area contributed by atoms with Gasteiger partial charge in [0.25, 0.3) is 5.56 Å². The maximum absolute atomic E-state index is 12.8. The van der Waals surface area contributed by atoms with Crippen molar-refractivity contribution in [3.8, 4) is 0 Å². The van der Waals surface area contributed by atoms with Crippen LogP contribution >= 0.6 is 0 Å².